The number of carbonyl (C=O) groups is 1. The molecule has 1 amide bonds. The predicted octanol–water partition coefficient (Wildman–Crippen LogP) is 3.49. The summed E-state index contributed by atoms with van der Waals surface area (Å²) in [5, 5.41) is 8.24. The summed E-state index contributed by atoms with van der Waals surface area (Å²) in [7, 11) is 1.85. The highest BCUT2D eigenvalue weighted by molar-refractivity contribution is 5.98. The van der Waals surface area contributed by atoms with E-state index in [0.717, 1.165) is 33.7 Å². The summed E-state index contributed by atoms with van der Waals surface area (Å²) < 4.78 is 7.54. The smallest absolute Gasteiger partial charge is 0.253 e. The number of carbonyl (C=O) groups excluding carboxylic acids is 1. The minimum absolute atomic E-state index is 0.162. The molecule has 0 saturated heterocycles. The monoisotopic (exact) mass is 401 g/mol. The number of hydrogen-bond acceptors (Lipinski definition) is 5. The van der Waals surface area contributed by atoms with E-state index in [0.29, 0.717) is 24.4 Å². The zero-order valence-electron chi connectivity index (χ0n) is 17.2. The lowest BCUT2D eigenvalue weighted by molar-refractivity contribution is 0.0950. The summed E-state index contributed by atoms with van der Waals surface area (Å²) in [6.45, 7) is 4.54. The van der Waals surface area contributed by atoms with Gasteiger partial charge in [0.05, 0.1) is 22.6 Å². The molecule has 4 rings (SSSR count). The molecule has 4 aromatic rings. The molecule has 0 radical (unpaired) electrons. The molecule has 0 aliphatic carbocycles. The maximum Gasteiger partial charge on any atom is 0.253 e. The van der Waals surface area contributed by atoms with E-state index < -0.39 is 0 Å². The first-order valence-electron chi connectivity index (χ1n) is 9.72. The molecule has 0 aliphatic rings. The molecule has 0 atom stereocenters. The average molecular weight is 401 g/mol. The van der Waals surface area contributed by atoms with Crippen molar-refractivity contribution in [2.75, 3.05) is 0 Å². The quantitative estimate of drug-likeness (QED) is 0.535. The van der Waals surface area contributed by atoms with Crippen LogP contribution in [0.3, 0.4) is 0 Å². The summed E-state index contributed by atoms with van der Waals surface area (Å²) in [4.78, 5) is 21.6. The number of hydrogen-bond donors (Lipinski definition) is 1. The van der Waals surface area contributed by atoms with Crippen LogP contribution in [-0.4, -0.2) is 25.7 Å². The summed E-state index contributed by atoms with van der Waals surface area (Å²) in [5.41, 5.74) is 4.68. The van der Waals surface area contributed by atoms with Gasteiger partial charge in [0.25, 0.3) is 5.91 Å². The van der Waals surface area contributed by atoms with E-state index in [1.54, 1.807) is 10.9 Å². The van der Waals surface area contributed by atoms with Crippen LogP contribution < -0.4 is 10.1 Å². The zero-order chi connectivity index (χ0) is 21.1. The van der Waals surface area contributed by atoms with Crippen molar-refractivity contribution in [1.29, 1.82) is 0 Å². The summed E-state index contributed by atoms with van der Waals surface area (Å²) in [6.07, 6.45) is 1.74. The van der Waals surface area contributed by atoms with Crippen LogP contribution >= 0.6 is 0 Å². The van der Waals surface area contributed by atoms with Gasteiger partial charge in [-0.1, -0.05) is 18.2 Å². The average Bonchev–Trinajstić information content (AvgIpc) is 3.03. The first-order valence-corrected chi connectivity index (χ1v) is 9.72. The highest BCUT2D eigenvalue weighted by Crippen LogP contribution is 2.20. The summed E-state index contributed by atoms with van der Waals surface area (Å²) in [5.74, 6) is 0.572. The fourth-order valence-electron chi connectivity index (χ4n) is 3.33. The third-order valence-electron chi connectivity index (χ3n) is 4.90. The maximum absolute atomic E-state index is 12.8. The van der Waals surface area contributed by atoms with Crippen LogP contribution in [0.1, 0.15) is 33.0 Å². The Kier molecular flexibility index (Phi) is 5.43. The number of aromatic nitrogens is 4. The number of ether oxygens (including phenoxy) is 1. The lowest BCUT2D eigenvalue weighted by atomic mass is 10.1. The van der Waals surface area contributed by atoms with Crippen LogP contribution in [0.5, 0.6) is 5.75 Å². The molecule has 0 fully saturated rings. The maximum atomic E-state index is 12.8. The molecule has 0 bridgehead atoms. The molecule has 3 heterocycles. The van der Waals surface area contributed by atoms with Gasteiger partial charge in [0, 0.05) is 25.2 Å². The van der Waals surface area contributed by atoms with Gasteiger partial charge in [-0.05, 0) is 49.7 Å². The summed E-state index contributed by atoms with van der Waals surface area (Å²) in [6, 6.07) is 15.3. The number of amides is 1. The van der Waals surface area contributed by atoms with Gasteiger partial charge >= 0.3 is 0 Å². The van der Waals surface area contributed by atoms with Crippen molar-refractivity contribution in [1.82, 2.24) is 25.1 Å². The molecule has 0 spiro atoms. The van der Waals surface area contributed by atoms with E-state index in [9.17, 15) is 4.79 Å². The van der Waals surface area contributed by atoms with Crippen molar-refractivity contribution in [2.24, 2.45) is 7.05 Å². The Morgan fingerprint density at radius 3 is 2.77 bits per heavy atom. The van der Waals surface area contributed by atoms with E-state index >= 15 is 0 Å². The molecular weight excluding hydrogens is 378 g/mol. The van der Waals surface area contributed by atoms with Crippen molar-refractivity contribution in [2.45, 2.75) is 27.0 Å². The molecule has 0 aliphatic heterocycles. The molecule has 7 nitrogen and oxygen atoms in total. The van der Waals surface area contributed by atoms with Crippen LogP contribution in [0.4, 0.5) is 0 Å². The molecule has 30 heavy (non-hydrogen) atoms. The van der Waals surface area contributed by atoms with Gasteiger partial charge in [-0.3, -0.25) is 14.5 Å². The van der Waals surface area contributed by atoms with E-state index in [1.807, 2.05) is 69.4 Å². The van der Waals surface area contributed by atoms with Gasteiger partial charge in [0.2, 0.25) is 0 Å². The third kappa shape index (κ3) is 4.15. The van der Waals surface area contributed by atoms with Crippen LogP contribution in [-0.2, 0) is 20.2 Å². The van der Waals surface area contributed by atoms with Crippen LogP contribution in [0.25, 0.3) is 11.0 Å². The lowest BCUT2D eigenvalue weighted by Crippen LogP contribution is -2.24. The second-order valence-corrected chi connectivity index (χ2v) is 7.14. The van der Waals surface area contributed by atoms with Gasteiger partial charge in [-0.2, -0.15) is 5.10 Å². The van der Waals surface area contributed by atoms with Crippen molar-refractivity contribution < 1.29 is 9.53 Å². The Balaban J connectivity index is 1.43. The second-order valence-electron chi connectivity index (χ2n) is 7.14. The van der Waals surface area contributed by atoms with Crippen molar-refractivity contribution >= 4 is 16.9 Å². The van der Waals surface area contributed by atoms with Crippen molar-refractivity contribution in [3.05, 3.63) is 82.9 Å². The molecule has 3 aromatic heterocycles. The fraction of sp³-hybridized carbons (Fsp3) is 0.217. The van der Waals surface area contributed by atoms with Crippen LogP contribution in [0.15, 0.2) is 54.7 Å². The Bertz CT molecular complexity index is 1200. The SMILES string of the molecule is Cc1nc2c(cc1C(=O)NCc1cccc(OCc3ccccn3)c1)c(C)nn2C. The number of rotatable bonds is 6. The molecular formula is C23H23N5O2. The first kappa shape index (κ1) is 19.6. The van der Waals surface area contributed by atoms with Crippen LogP contribution in [0, 0.1) is 13.8 Å². The minimum Gasteiger partial charge on any atom is -0.487 e. The van der Waals surface area contributed by atoms with Gasteiger partial charge in [-0.15, -0.1) is 0 Å². The molecule has 1 N–H and O–H groups in total. The van der Waals surface area contributed by atoms with Gasteiger partial charge < -0.3 is 10.1 Å². The summed E-state index contributed by atoms with van der Waals surface area (Å²) >= 11 is 0. The largest absolute Gasteiger partial charge is 0.487 e. The minimum atomic E-state index is -0.162. The Hall–Kier alpha value is -3.74. The normalized spacial score (nSPS) is 10.9. The number of pyridine rings is 2. The highest BCUT2D eigenvalue weighted by atomic mass is 16.5. The number of nitrogens with zero attached hydrogens (tertiary/aromatic N) is 4. The fourth-order valence-corrected chi connectivity index (χ4v) is 3.33. The van der Waals surface area contributed by atoms with Gasteiger partial charge in [-0.25, -0.2) is 4.98 Å². The Morgan fingerprint density at radius 1 is 1.10 bits per heavy atom. The third-order valence-corrected chi connectivity index (χ3v) is 4.90. The van der Waals surface area contributed by atoms with Crippen LogP contribution in [0.2, 0.25) is 0 Å². The van der Waals surface area contributed by atoms with E-state index in [4.69, 9.17) is 4.74 Å². The van der Waals surface area contributed by atoms with Gasteiger partial charge in [0.1, 0.15) is 12.4 Å². The second kappa shape index (κ2) is 8.32. The Morgan fingerprint density at radius 2 is 1.97 bits per heavy atom. The van der Waals surface area contributed by atoms with E-state index in [1.165, 1.54) is 0 Å². The lowest BCUT2D eigenvalue weighted by Gasteiger charge is -2.10. The predicted molar refractivity (Wildman–Crippen MR) is 114 cm³/mol. The number of fused-ring (bicyclic) bond motifs is 1. The van der Waals surface area contributed by atoms with E-state index in [-0.39, 0.29) is 5.91 Å². The molecule has 0 saturated carbocycles. The molecule has 152 valence electrons. The number of nitrogens with one attached hydrogen (secondary N) is 1. The Labute approximate surface area is 174 Å². The molecule has 1 aromatic carbocycles. The number of benzene rings is 1. The highest BCUT2D eigenvalue weighted by Gasteiger charge is 2.15. The van der Waals surface area contributed by atoms with Gasteiger partial charge in [0.15, 0.2) is 5.65 Å². The zero-order valence-corrected chi connectivity index (χ0v) is 17.2. The van der Waals surface area contributed by atoms with Crippen molar-refractivity contribution in [3.63, 3.8) is 0 Å². The number of aryl methyl sites for hydroxylation is 3. The van der Waals surface area contributed by atoms with Crippen molar-refractivity contribution in [3.8, 4) is 5.75 Å². The van der Waals surface area contributed by atoms with E-state index in [2.05, 4.69) is 20.4 Å². The topological polar surface area (TPSA) is 81.9 Å². The molecule has 0 unspecified atom stereocenters. The molecule has 7 heteroatoms. The first-order chi connectivity index (χ1) is 14.5. The standard InChI is InChI=1S/C23H23N5O2/c1-15-21(12-20-16(2)27-28(3)22(20)26-15)23(29)25-13-17-7-6-9-19(11-17)30-14-18-8-4-5-10-24-18/h4-12H,13-14H2,1-3H3,(H,25,29).